The number of hydrogen-bond donors (Lipinski definition) is 1. The summed E-state index contributed by atoms with van der Waals surface area (Å²) < 4.78 is 24.8. The van der Waals surface area contributed by atoms with E-state index in [0.29, 0.717) is 38.2 Å². The molecule has 4 aromatic rings. The maximum atomic E-state index is 13.8. The molecule has 4 atom stereocenters. The number of fused-ring (bicyclic) bond motifs is 3. The SMILES string of the molecule is CC[C@H]1O[C@@H](n2cc(C)c(=O)[nH]c2=O)C[C@H]1OC(=O)OCCN(Cc1ccccc1)CC1CCCCN1C(=O)OCC1c2ccccc2-c2ccccc21. The van der Waals surface area contributed by atoms with Gasteiger partial charge in [-0.05, 0) is 60.4 Å². The van der Waals surface area contributed by atoms with Crippen molar-refractivity contribution in [3.05, 3.63) is 128 Å². The number of amides is 1. The minimum atomic E-state index is -0.815. The third-order valence-electron chi connectivity index (χ3n) is 10.8. The number of carbonyl (C=O) groups is 2. The minimum Gasteiger partial charge on any atom is -0.448 e. The van der Waals surface area contributed by atoms with Crippen molar-refractivity contribution in [2.45, 2.75) is 82.9 Å². The molecule has 2 saturated heterocycles. The summed E-state index contributed by atoms with van der Waals surface area (Å²) >= 11 is 0. The standard InChI is InChI=1S/C42H48N4O8/c1-3-36-37(23-38(53-36)46-24-28(2)39(47)43-40(46)48)54-42(50)51-22-21-44(25-29-13-5-4-6-14-29)26-30-15-11-12-20-45(30)41(49)52-27-35-33-18-9-7-16-31(33)32-17-8-10-19-34(32)35/h4-10,13-14,16-19,24,30,35-38H,3,11-12,15,20-23,25-27H2,1-2H3,(H,43,47,48)/t30?,36-,37-,38-/m1/s1. The molecule has 3 aliphatic rings. The normalized spacial score (nSPS) is 20.8. The Kier molecular flexibility index (Phi) is 11.6. The summed E-state index contributed by atoms with van der Waals surface area (Å²) in [5.74, 6) is -0.0127. The molecule has 2 fully saturated rings. The molecule has 2 aliphatic heterocycles. The van der Waals surface area contributed by atoms with Crippen LogP contribution in [0.3, 0.4) is 0 Å². The molecule has 1 unspecified atom stereocenters. The molecule has 7 rings (SSSR count). The zero-order valence-corrected chi connectivity index (χ0v) is 30.9. The number of nitrogens with one attached hydrogen (secondary N) is 1. The predicted octanol–water partition coefficient (Wildman–Crippen LogP) is 6.37. The lowest BCUT2D eigenvalue weighted by Crippen LogP contribution is -2.50. The zero-order valence-electron chi connectivity index (χ0n) is 30.9. The number of carbonyl (C=O) groups excluding carboxylic acids is 2. The van der Waals surface area contributed by atoms with Crippen LogP contribution < -0.4 is 11.2 Å². The van der Waals surface area contributed by atoms with E-state index < -0.39 is 35.8 Å². The lowest BCUT2D eigenvalue weighted by molar-refractivity contribution is -0.0385. The molecule has 0 radical (unpaired) electrons. The van der Waals surface area contributed by atoms with E-state index in [4.69, 9.17) is 18.9 Å². The van der Waals surface area contributed by atoms with Gasteiger partial charge >= 0.3 is 17.9 Å². The van der Waals surface area contributed by atoms with Crippen molar-refractivity contribution in [1.82, 2.24) is 19.4 Å². The Morgan fingerprint density at radius 3 is 2.35 bits per heavy atom. The van der Waals surface area contributed by atoms with E-state index in [1.807, 2.05) is 54.3 Å². The van der Waals surface area contributed by atoms with Gasteiger partial charge in [-0.15, -0.1) is 0 Å². The van der Waals surface area contributed by atoms with Crippen molar-refractivity contribution in [2.75, 3.05) is 32.8 Å². The van der Waals surface area contributed by atoms with Crippen molar-refractivity contribution < 1.29 is 28.5 Å². The molecule has 1 aromatic heterocycles. The second-order valence-electron chi connectivity index (χ2n) is 14.4. The van der Waals surface area contributed by atoms with Gasteiger partial charge in [0.25, 0.3) is 5.56 Å². The van der Waals surface area contributed by atoms with Gasteiger partial charge < -0.3 is 23.8 Å². The summed E-state index contributed by atoms with van der Waals surface area (Å²) in [5.41, 5.74) is 5.20. The average Bonchev–Trinajstić information content (AvgIpc) is 3.74. The van der Waals surface area contributed by atoms with Crippen LogP contribution >= 0.6 is 0 Å². The molecular formula is C42H48N4O8. The molecule has 284 valence electrons. The van der Waals surface area contributed by atoms with E-state index in [9.17, 15) is 19.2 Å². The first-order chi connectivity index (χ1) is 26.3. The Hall–Kier alpha value is -5.20. The molecule has 12 heteroatoms. The molecule has 3 heterocycles. The van der Waals surface area contributed by atoms with Gasteiger partial charge in [0, 0.05) is 56.3 Å². The van der Waals surface area contributed by atoms with Gasteiger partial charge in [-0.3, -0.25) is 19.2 Å². The second-order valence-corrected chi connectivity index (χ2v) is 14.4. The summed E-state index contributed by atoms with van der Waals surface area (Å²) in [6, 6.07) is 26.7. The number of H-pyrrole nitrogens is 1. The summed E-state index contributed by atoms with van der Waals surface area (Å²) in [6.45, 7) is 6.11. The van der Waals surface area contributed by atoms with E-state index in [1.54, 1.807) is 6.92 Å². The molecule has 1 amide bonds. The maximum Gasteiger partial charge on any atom is 0.508 e. The Morgan fingerprint density at radius 1 is 0.926 bits per heavy atom. The topological polar surface area (TPSA) is 132 Å². The zero-order chi connectivity index (χ0) is 37.6. The number of ether oxygens (including phenoxy) is 4. The number of aryl methyl sites for hydroxylation is 1. The maximum absolute atomic E-state index is 13.8. The minimum absolute atomic E-state index is 0.0127. The van der Waals surface area contributed by atoms with Crippen molar-refractivity contribution in [3.8, 4) is 11.1 Å². The highest BCUT2D eigenvalue weighted by Crippen LogP contribution is 2.44. The van der Waals surface area contributed by atoms with E-state index in [-0.39, 0.29) is 37.7 Å². The van der Waals surface area contributed by atoms with E-state index >= 15 is 0 Å². The lowest BCUT2D eigenvalue weighted by atomic mass is 9.98. The fourth-order valence-corrected chi connectivity index (χ4v) is 8.06. The third kappa shape index (κ3) is 8.29. The molecule has 12 nitrogen and oxygen atoms in total. The number of nitrogens with zero attached hydrogens (tertiary/aromatic N) is 3. The van der Waals surface area contributed by atoms with Gasteiger partial charge in [0.1, 0.15) is 25.5 Å². The monoisotopic (exact) mass is 736 g/mol. The van der Waals surface area contributed by atoms with Crippen LogP contribution in [0.25, 0.3) is 11.1 Å². The van der Waals surface area contributed by atoms with E-state index in [0.717, 1.165) is 24.8 Å². The van der Waals surface area contributed by atoms with Crippen LogP contribution in [0.1, 0.15) is 73.4 Å². The third-order valence-corrected chi connectivity index (χ3v) is 10.8. The summed E-state index contributed by atoms with van der Waals surface area (Å²) in [6.07, 6.45) is 2.15. The summed E-state index contributed by atoms with van der Waals surface area (Å²) in [4.78, 5) is 57.4. The van der Waals surface area contributed by atoms with Crippen LogP contribution in [0.4, 0.5) is 9.59 Å². The molecule has 0 saturated carbocycles. The van der Waals surface area contributed by atoms with Gasteiger partial charge in [-0.2, -0.15) is 0 Å². The van der Waals surface area contributed by atoms with Gasteiger partial charge in [0.2, 0.25) is 0 Å². The highest BCUT2D eigenvalue weighted by atomic mass is 16.7. The van der Waals surface area contributed by atoms with Crippen molar-refractivity contribution in [3.63, 3.8) is 0 Å². The van der Waals surface area contributed by atoms with Crippen LogP contribution in [0, 0.1) is 6.92 Å². The van der Waals surface area contributed by atoms with E-state index in [1.165, 1.54) is 33.0 Å². The first-order valence-corrected chi connectivity index (χ1v) is 19.0. The summed E-state index contributed by atoms with van der Waals surface area (Å²) in [7, 11) is 0. The van der Waals surface area contributed by atoms with Crippen molar-refractivity contribution >= 4 is 12.2 Å². The van der Waals surface area contributed by atoms with Gasteiger partial charge in [0.15, 0.2) is 0 Å². The number of aromatic amines is 1. The predicted molar refractivity (Wildman–Crippen MR) is 202 cm³/mol. The molecule has 0 bridgehead atoms. The number of likely N-dealkylation sites (tertiary alicyclic amines) is 1. The van der Waals surface area contributed by atoms with Crippen LogP contribution in [-0.4, -0.2) is 82.7 Å². The number of hydrogen-bond acceptors (Lipinski definition) is 9. The fraction of sp³-hybridized carbons (Fsp3) is 0.429. The number of rotatable bonds is 12. The van der Waals surface area contributed by atoms with Gasteiger partial charge in [-0.25, -0.2) is 14.4 Å². The molecule has 0 spiro atoms. The van der Waals surface area contributed by atoms with E-state index in [2.05, 4.69) is 46.3 Å². The Labute approximate surface area is 314 Å². The van der Waals surface area contributed by atoms with Crippen LogP contribution in [0.15, 0.2) is 94.6 Å². The molecule has 1 N–H and O–H groups in total. The fourth-order valence-electron chi connectivity index (χ4n) is 8.06. The number of aromatic nitrogens is 2. The Bertz CT molecular complexity index is 2000. The summed E-state index contributed by atoms with van der Waals surface area (Å²) in [5, 5.41) is 0. The first-order valence-electron chi connectivity index (χ1n) is 19.0. The molecule has 1 aliphatic carbocycles. The van der Waals surface area contributed by atoms with Crippen LogP contribution in [-0.2, 0) is 25.5 Å². The van der Waals surface area contributed by atoms with Crippen LogP contribution in [0.2, 0.25) is 0 Å². The second kappa shape index (κ2) is 16.9. The molecular weight excluding hydrogens is 688 g/mol. The largest absolute Gasteiger partial charge is 0.508 e. The highest BCUT2D eigenvalue weighted by Gasteiger charge is 2.39. The first kappa shape index (κ1) is 37.1. The van der Waals surface area contributed by atoms with Crippen LogP contribution in [0.5, 0.6) is 0 Å². The molecule has 54 heavy (non-hydrogen) atoms. The Balaban J connectivity index is 0.965. The lowest BCUT2D eigenvalue weighted by Gasteiger charge is -2.38. The van der Waals surface area contributed by atoms with Crippen molar-refractivity contribution in [1.29, 1.82) is 0 Å². The smallest absolute Gasteiger partial charge is 0.448 e. The Morgan fingerprint density at radius 2 is 1.63 bits per heavy atom. The highest BCUT2D eigenvalue weighted by molar-refractivity contribution is 5.79. The molecule has 3 aromatic carbocycles. The van der Waals surface area contributed by atoms with Gasteiger partial charge in [-0.1, -0.05) is 85.8 Å². The van der Waals surface area contributed by atoms with Gasteiger partial charge in [0.05, 0.1) is 6.10 Å². The quantitative estimate of drug-likeness (QED) is 0.165. The van der Waals surface area contributed by atoms with Crippen molar-refractivity contribution in [2.24, 2.45) is 0 Å². The number of piperidine rings is 1. The average molecular weight is 737 g/mol. The number of benzene rings is 3.